The normalized spacial score (nSPS) is 17.4. The van der Waals surface area contributed by atoms with Crippen molar-refractivity contribution in [3.63, 3.8) is 0 Å². The molecule has 0 spiro atoms. The molecule has 1 aliphatic heterocycles. The molecule has 17 heavy (non-hydrogen) atoms. The Kier molecular flexibility index (Phi) is 2.69. The lowest BCUT2D eigenvalue weighted by Crippen LogP contribution is -2.26. The molecule has 1 saturated heterocycles. The van der Waals surface area contributed by atoms with Gasteiger partial charge in [-0.25, -0.2) is 4.98 Å². The molecular formula is C14H17N3. The lowest BCUT2D eigenvalue weighted by Gasteiger charge is -2.23. The first-order valence-electron chi connectivity index (χ1n) is 6.19. The average molecular weight is 227 g/mol. The molecule has 1 aromatic heterocycles. The number of hydrogen-bond donors (Lipinski definition) is 2. The number of pyridine rings is 1. The molecule has 1 fully saturated rings. The summed E-state index contributed by atoms with van der Waals surface area (Å²) in [4.78, 5) is 4.16. The van der Waals surface area contributed by atoms with Crippen LogP contribution in [-0.2, 0) is 0 Å². The van der Waals surface area contributed by atoms with Crippen LogP contribution in [0.15, 0.2) is 30.5 Å². The van der Waals surface area contributed by atoms with Gasteiger partial charge in [-0.3, -0.25) is 0 Å². The first-order chi connectivity index (χ1) is 8.34. The van der Waals surface area contributed by atoms with Crippen molar-refractivity contribution in [2.24, 2.45) is 0 Å². The smallest absolute Gasteiger partial charge is 0.131 e. The van der Waals surface area contributed by atoms with Crippen molar-refractivity contribution in [2.75, 3.05) is 18.8 Å². The molecule has 0 bridgehead atoms. The van der Waals surface area contributed by atoms with Gasteiger partial charge >= 0.3 is 0 Å². The lowest BCUT2D eigenvalue weighted by molar-refractivity contribution is 0.460. The van der Waals surface area contributed by atoms with Crippen LogP contribution in [0.5, 0.6) is 0 Å². The number of nitrogen functional groups attached to an aromatic ring is 1. The molecule has 1 aliphatic rings. The minimum absolute atomic E-state index is 0.637. The van der Waals surface area contributed by atoms with Crippen LogP contribution >= 0.6 is 0 Å². The number of anilines is 1. The average Bonchev–Trinajstić information content (AvgIpc) is 2.40. The van der Waals surface area contributed by atoms with Gasteiger partial charge in [-0.2, -0.15) is 0 Å². The van der Waals surface area contributed by atoms with E-state index in [4.69, 9.17) is 5.73 Å². The summed E-state index contributed by atoms with van der Waals surface area (Å²) in [5, 5.41) is 5.66. The predicted octanol–water partition coefficient (Wildman–Crippen LogP) is 2.28. The van der Waals surface area contributed by atoms with Gasteiger partial charge in [0.15, 0.2) is 0 Å². The lowest BCUT2D eigenvalue weighted by atomic mass is 9.89. The Morgan fingerprint density at radius 3 is 2.82 bits per heavy atom. The van der Waals surface area contributed by atoms with Crippen molar-refractivity contribution >= 4 is 16.6 Å². The Labute approximate surface area is 101 Å². The van der Waals surface area contributed by atoms with E-state index in [1.54, 1.807) is 6.20 Å². The third kappa shape index (κ3) is 1.98. The van der Waals surface area contributed by atoms with E-state index in [1.165, 1.54) is 23.8 Å². The summed E-state index contributed by atoms with van der Waals surface area (Å²) in [5.41, 5.74) is 7.33. The van der Waals surface area contributed by atoms with Crippen LogP contribution in [0.25, 0.3) is 10.8 Å². The largest absolute Gasteiger partial charge is 0.383 e. The molecule has 2 heterocycles. The van der Waals surface area contributed by atoms with Crippen LogP contribution in [-0.4, -0.2) is 18.1 Å². The fourth-order valence-electron chi connectivity index (χ4n) is 2.62. The van der Waals surface area contributed by atoms with Crippen molar-refractivity contribution < 1.29 is 0 Å². The number of rotatable bonds is 1. The van der Waals surface area contributed by atoms with Gasteiger partial charge < -0.3 is 11.1 Å². The minimum atomic E-state index is 0.637. The van der Waals surface area contributed by atoms with Crippen molar-refractivity contribution in [3.05, 3.63) is 36.0 Å². The number of nitrogens with two attached hydrogens (primary N) is 1. The number of fused-ring (bicyclic) bond motifs is 1. The molecule has 0 radical (unpaired) electrons. The Hall–Kier alpha value is -1.61. The van der Waals surface area contributed by atoms with Gasteiger partial charge in [0, 0.05) is 11.6 Å². The maximum atomic E-state index is 5.93. The van der Waals surface area contributed by atoms with Crippen LogP contribution in [0, 0.1) is 0 Å². The summed E-state index contributed by atoms with van der Waals surface area (Å²) in [6.07, 6.45) is 4.19. The second kappa shape index (κ2) is 4.34. The number of benzene rings is 1. The molecule has 0 aliphatic carbocycles. The van der Waals surface area contributed by atoms with Crippen LogP contribution in [0.1, 0.15) is 24.3 Å². The van der Waals surface area contributed by atoms with Crippen molar-refractivity contribution in [3.8, 4) is 0 Å². The van der Waals surface area contributed by atoms with E-state index in [0.29, 0.717) is 11.7 Å². The maximum absolute atomic E-state index is 5.93. The van der Waals surface area contributed by atoms with E-state index < -0.39 is 0 Å². The van der Waals surface area contributed by atoms with Crippen molar-refractivity contribution in [1.82, 2.24) is 10.3 Å². The second-order valence-electron chi connectivity index (χ2n) is 4.70. The molecule has 2 aromatic rings. The Morgan fingerprint density at radius 2 is 2.00 bits per heavy atom. The molecule has 0 atom stereocenters. The molecule has 1 aromatic carbocycles. The van der Waals surface area contributed by atoms with Crippen LogP contribution in [0.3, 0.4) is 0 Å². The highest BCUT2D eigenvalue weighted by atomic mass is 14.9. The molecule has 3 heteroatoms. The number of aromatic nitrogens is 1. The first kappa shape index (κ1) is 10.5. The van der Waals surface area contributed by atoms with Crippen LogP contribution in [0.2, 0.25) is 0 Å². The highest BCUT2D eigenvalue weighted by molar-refractivity contribution is 5.91. The van der Waals surface area contributed by atoms with Gasteiger partial charge in [-0.1, -0.05) is 12.1 Å². The van der Waals surface area contributed by atoms with E-state index >= 15 is 0 Å². The zero-order valence-corrected chi connectivity index (χ0v) is 9.82. The molecule has 3 nitrogen and oxygen atoms in total. The number of nitrogens with zero attached hydrogens (tertiary/aromatic N) is 1. The van der Waals surface area contributed by atoms with Gasteiger partial charge in [-0.15, -0.1) is 0 Å². The SMILES string of the molecule is Nc1nccc2ccc(C3CCNCC3)cc12. The van der Waals surface area contributed by atoms with Gasteiger partial charge in [0.2, 0.25) is 0 Å². The highest BCUT2D eigenvalue weighted by Gasteiger charge is 2.15. The maximum Gasteiger partial charge on any atom is 0.131 e. The van der Waals surface area contributed by atoms with E-state index in [0.717, 1.165) is 18.5 Å². The van der Waals surface area contributed by atoms with E-state index in [9.17, 15) is 0 Å². The number of piperidine rings is 1. The molecular weight excluding hydrogens is 210 g/mol. The Balaban J connectivity index is 2.03. The molecule has 0 saturated carbocycles. The predicted molar refractivity (Wildman–Crippen MR) is 71.0 cm³/mol. The van der Waals surface area contributed by atoms with Crippen molar-refractivity contribution in [1.29, 1.82) is 0 Å². The number of nitrogens with one attached hydrogen (secondary N) is 1. The van der Waals surface area contributed by atoms with Gasteiger partial charge in [0.25, 0.3) is 0 Å². The fraction of sp³-hybridized carbons (Fsp3) is 0.357. The van der Waals surface area contributed by atoms with Gasteiger partial charge in [0.1, 0.15) is 5.82 Å². The van der Waals surface area contributed by atoms with E-state index in [1.807, 2.05) is 6.07 Å². The first-order valence-corrected chi connectivity index (χ1v) is 6.19. The number of hydrogen-bond acceptors (Lipinski definition) is 3. The summed E-state index contributed by atoms with van der Waals surface area (Å²) in [6.45, 7) is 2.23. The quantitative estimate of drug-likeness (QED) is 0.786. The molecule has 0 amide bonds. The van der Waals surface area contributed by atoms with Gasteiger partial charge in [-0.05, 0) is 54.9 Å². The fourth-order valence-corrected chi connectivity index (χ4v) is 2.62. The summed E-state index contributed by atoms with van der Waals surface area (Å²) < 4.78 is 0. The molecule has 0 unspecified atom stereocenters. The summed E-state index contributed by atoms with van der Waals surface area (Å²) in [7, 11) is 0. The summed E-state index contributed by atoms with van der Waals surface area (Å²) in [6, 6.07) is 8.62. The molecule has 88 valence electrons. The minimum Gasteiger partial charge on any atom is -0.383 e. The van der Waals surface area contributed by atoms with Crippen LogP contribution in [0.4, 0.5) is 5.82 Å². The summed E-state index contributed by atoms with van der Waals surface area (Å²) >= 11 is 0. The topological polar surface area (TPSA) is 50.9 Å². The zero-order chi connectivity index (χ0) is 11.7. The Morgan fingerprint density at radius 1 is 1.18 bits per heavy atom. The monoisotopic (exact) mass is 227 g/mol. The molecule has 3 N–H and O–H groups in total. The zero-order valence-electron chi connectivity index (χ0n) is 9.82. The van der Waals surface area contributed by atoms with Gasteiger partial charge in [0.05, 0.1) is 0 Å². The van der Waals surface area contributed by atoms with Crippen LogP contribution < -0.4 is 11.1 Å². The van der Waals surface area contributed by atoms with Crippen molar-refractivity contribution in [2.45, 2.75) is 18.8 Å². The Bertz CT molecular complexity index is 530. The third-order valence-electron chi connectivity index (χ3n) is 3.63. The second-order valence-corrected chi connectivity index (χ2v) is 4.70. The standard InChI is InChI=1S/C14H17N3/c15-14-13-9-12(10-3-6-16-7-4-10)2-1-11(13)5-8-17-14/h1-2,5,8-10,16H,3-4,6-7H2,(H2,15,17). The summed E-state index contributed by atoms with van der Waals surface area (Å²) in [5.74, 6) is 1.30. The molecule has 3 rings (SSSR count). The van der Waals surface area contributed by atoms with E-state index in [-0.39, 0.29) is 0 Å². The highest BCUT2D eigenvalue weighted by Crippen LogP contribution is 2.29. The van der Waals surface area contributed by atoms with E-state index in [2.05, 4.69) is 28.5 Å². The third-order valence-corrected chi connectivity index (χ3v) is 3.63.